The minimum Gasteiger partial charge on any atom is -0.378 e. The summed E-state index contributed by atoms with van der Waals surface area (Å²) >= 11 is 0. The number of hydrogen-bond donors (Lipinski definition) is 2. The van der Waals surface area contributed by atoms with E-state index < -0.39 is 0 Å². The van der Waals surface area contributed by atoms with Crippen molar-refractivity contribution in [2.75, 3.05) is 30.8 Å². The lowest BCUT2D eigenvalue weighted by Crippen LogP contribution is -2.34. The second-order valence-electron chi connectivity index (χ2n) is 6.72. The van der Waals surface area contributed by atoms with Crippen LogP contribution < -0.4 is 10.6 Å². The maximum atomic E-state index is 11.7. The van der Waals surface area contributed by atoms with E-state index in [0.717, 1.165) is 42.0 Å². The first-order valence-corrected chi connectivity index (χ1v) is 10.6. The number of carbonyl (C=O) groups excluding carboxylic acids is 1. The first-order valence-electron chi connectivity index (χ1n) is 10.6. The molecule has 162 valence electrons. The van der Waals surface area contributed by atoms with Gasteiger partial charge in [0.15, 0.2) is 0 Å². The van der Waals surface area contributed by atoms with E-state index in [0.29, 0.717) is 0 Å². The van der Waals surface area contributed by atoms with E-state index in [4.69, 9.17) is 0 Å². The van der Waals surface area contributed by atoms with Gasteiger partial charge in [0.25, 0.3) is 5.91 Å². The van der Waals surface area contributed by atoms with E-state index in [1.807, 2.05) is 47.7 Å². The molecule has 2 aromatic rings. The molecule has 1 amide bonds. The van der Waals surface area contributed by atoms with Crippen LogP contribution >= 0.6 is 0 Å². The summed E-state index contributed by atoms with van der Waals surface area (Å²) in [6.07, 6.45) is 0.984. The van der Waals surface area contributed by atoms with Crippen molar-refractivity contribution in [1.29, 1.82) is 0 Å². The van der Waals surface area contributed by atoms with Crippen molar-refractivity contribution in [2.24, 2.45) is 0 Å². The molecule has 0 saturated carbocycles. The number of nitrogens with one attached hydrogen (secondary N) is 2. The molecule has 0 aliphatic carbocycles. The average molecular weight is 400 g/mol. The van der Waals surface area contributed by atoms with Gasteiger partial charge in [-0.2, -0.15) is 0 Å². The zero-order valence-corrected chi connectivity index (χ0v) is 19.1. The van der Waals surface area contributed by atoms with Gasteiger partial charge >= 0.3 is 0 Å². The zero-order valence-electron chi connectivity index (χ0n) is 19.1. The Morgan fingerprint density at radius 2 is 1.76 bits per heavy atom. The molecular weight excluding hydrogens is 358 g/mol. The lowest BCUT2D eigenvalue weighted by molar-refractivity contribution is 0.0781. The monoisotopic (exact) mass is 399 g/mol. The third-order valence-corrected chi connectivity index (χ3v) is 4.63. The average Bonchev–Trinajstić information content (AvgIpc) is 2.75. The number of amides is 1. The Morgan fingerprint density at radius 3 is 2.45 bits per heavy atom. The summed E-state index contributed by atoms with van der Waals surface area (Å²) in [5.41, 5.74) is 7.83. The molecule has 2 aliphatic rings. The van der Waals surface area contributed by atoms with Crippen molar-refractivity contribution in [3.8, 4) is 0 Å². The SMILES string of the molecule is C=C1CNc2cccc(C)c2N1.CC.CC.Cc1ccc2c(c1)C(=O)N(C)CC2.[HH].[HH]. The summed E-state index contributed by atoms with van der Waals surface area (Å²) in [4.78, 5) is 13.5. The third-order valence-electron chi connectivity index (χ3n) is 4.63. The highest BCUT2D eigenvalue weighted by Crippen LogP contribution is 2.29. The Morgan fingerprint density at radius 1 is 1.07 bits per heavy atom. The number of carbonyl (C=O) groups is 1. The highest BCUT2D eigenvalue weighted by atomic mass is 16.2. The van der Waals surface area contributed by atoms with Gasteiger partial charge in [-0.1, -0.05) is 64.1 Å². The van der Waals surface area contributed by atoms with Crippen LogP contribution in [0, 0.1) is 13.8 Å². The van der Waals surface area contributed by atoms with E-state index in [1.165, 1.54) is 16.8 Å². The third kappa shape index (κ3) is 6.38. The lowest BCUT2D eigenvalue weighted by Gasteiger charge is -2.24. The summed E-state index contributed by atoms with van der Waals surface area (Å²) in [7, 11) is 1.85. The fourth-order valence-electron chi connectivity index (χ4n) is 3.11. The first kappa shape index (κ1) is 24.3. The Labute approximate surface area is 180 Å². The number of benzene rings is 2. The van der Waals surface area contributed by atoms with Crippen LogP contribution in [0.3, 0.4) is 0 Å². The summed E-state index contributed by atoms with van der Waals surface area (Å²) in [6.45, 7) is 17.6. The number of likely N-dealkylation sites (N-methyl/N-ethyl adjacent to an activating group) is 1. The first-order chi connectivity index (χ1) is 14.0. The van der Waals surface area contributed by atoms with Gasteiger partial charge in [-0.25, -0.2) is 0 Å². The van der Waals surface area contributed by atoms with Crippen molar-refractivity contribution in [3.05, 3.63) is 70.9 Å². The van der Waals surface area contributed by atoms with Crippen LogP contribution in [-0.4, -0.2) is 30.9 Å². The molecule has 0 saturated heterocycles. The molecule has 0 fully saturated rings. The molecule has 0 radical (unpaired) electrons. The molecule has 29 heavy (non-hydrogen) atoms. The fourth-order valence-corrected chi connectivity index (χ4v) is 3.11. The molecule has 0 bridgehead atoms. The van der Waals surface area contributed by atoms with Crippen LogP contribution in [0.2, 0.25) is 0 Å². The van der Waals surface area contributed by atoms with Gasteiger partial charge < -0.3 is 15.5 Å². The van der Waals surface area contributed by atoms with Crippen LogP contribution in [-0.2, 0) is 6.42 Å². The van der Waals surface area contributed by atoms with Crippen molar-refractivity contribution >= 4 is 17.3 Å². The lowest BCUT2D eigenvalue weighted by atomic mass is 9.97. The summed E-state index contributed by atoms with van der Waals surface area (Å²) in [5.74, 6) is 0.157. The summed E-state index contributed by atoms with van der Waals surface area (Å²) in [5, 5.41) is 6.56. The number of aryl methyl sites for hydroxylation is 2. The number of fused-ring (bicyclic) bond motifs is 2. The van der Waals surface area contributed by atoms with Crippen LogP contribution in [0.4, 0.5) is 11.4 Å². The topological polar surface area (TPSA) is 44.4 Å². The predicted molar refractivity (Wildman–Crippen MR) is 131 cm³/mol. The Bertz CT molecular complexity index is 838. The van der Waals surface area contributed by atoms with Crippen molar-refractivity contribution < 1.29 is 7.65 Å². The number of anilines is 2. The molecule has 2 heterocycles. The second kappa shape index (κ2) is 11.9. The standard InChI is InChI=1S/C11H13NO.C10H12N2.2C2H6.2H2/c1-8-3-4-9-5-6-12(2)11(13)10(9)7-8;1-7-4-3-5-9-10(7)12-8(2)6-11-9;2*1-2;;/h3-4,7H,5-6H2,1-2H3;3-5,11-12H,2,6H2,1H3;2*1-2H3;2*1H. The van der Waals surface area contributed by atoms with Gasteiger partial charge in [-0.15, -0.1) is 0 Å². The van der Waals surface area contributed by atoms with E-state index in [-0.39, 0.29) is 8.76 Å². The summed E-state index contributed by atoms with van der Waals surface area (Å²) in [6, 6.07) is 12.3. The van der Waals surface area contributed by atoms with Gasteiger partial charge in [0.2, 0.25) is 0 Å². The Balaban J connectivity index is 0. The molecule has 0 unspecified atom stereocenters. The van der Waals surface area contributed by atoms with Gasteiger partial charge in [0.05, 0.1) is 17.9 Å². The van der Waals surface area contributed by atoms with Crippen LogP contribution in [0.15, 0.2) is 48.7 Å². The molecular formula is C25H41N3O. The minimum absolute atomic E-state index is 0. The van der Waals surface area contributed by atoms with Crippen LogP contribution in [0.1, 0.15) is 57.6 Å². The normalized spacial score (nSPS) is 13.6. The molecule has 2 aliphatic heterocycles. The van der Waals surface area contributed by atoms with Gasteiger partial charge in [-0.05, 0) is 43.5 Å². The molecule has 0 aromatic heterocycles. The highest BCUT2D eigenvalue weighted by Gasteiger charge is 2.20. The Kier molecular flexibility index (Phi) is 10.0. The van der Waals surface area contributed by atoms with Crippen molar-refractivity contribution in [2.45, 2.75) is 48.0 Å². The van der Waals surface area contributed by atoms with E-state index >= 15 is 0 Å². The molecule has 0 spiro atoms. The quantitative estimate of drug-likeness (QED) is 0.530. The Hall–Kier alpha value is -2.75. The zero-order chi connectivity index (χ0) is 22.0. The number of nitrogens with zero attached hydrogens (tertiary/aromatic N) is 1. The van der Waals surface area contributed by atoms with Crippen LogP contribution in [0.25, 0.3) is 0 Å². The van der Waals surface area contributed by atoms with E-state index in [9.17, 15) is 4.79 Å². The van der Waals surface area contributed by atoms with E-state index in [2.05, 4.69) is 54.5 Å². The van der Waals surface area contributed by atoms with E-state index in [1.54, 1.807) is 4.90 Å². The highest BCUT2D eigenvalue weighted by molar-refractivity contribution is 5.96. The largest absolute Gasteiger partial charge is 0.378 e. The van der Waals surface area contributed by atoms with Crippen molar-refractivity contribution in [1.82, 2.24) is 4.90 Å². The van der Waals surface area contributed by atoms with Gasteiger partial charge in [0, 0.05) is 27.7 Å². The molecule has 4 nitrogen and oxygen atoms in total. The predicted octanol–water partition coefficient (Wildman–Crippen LogP) is 6.51. The van der Waals surface area contributed by atoms with Gasteiger partial charge in [-0.3, -0.25) is 4.79 Å². The minimum atomic E-state index is 0. The second-order valence-corrected chi connectivity index (χ2v) is 6.72. The number of rotatable bonds is 0. The summed E-state index contributed by atoms with van der Waals surface area (Å²) < 4.78 is 0. The smallest absolute Gasteiger partial charge is 0.253 e. The molecule has 2 N–H and O–H groups in total. The number of hydrogen-bond acceptors (Lipinski definition) is 3. The number of para-hydroxylation sites is 1. The molecule has 4 heteroatoms. The van der Waals surface area contributed by atoms with Crippen LogP contribution in [0.5, 0.6) is 0 Å². The maximum absolute atomic E-state index is 11.7. The molecule has 0 atom stereocenters. The maximum Gasteiger partial charge on any atom is 0.253 e. The molecule has 2 aromatic carbocycles. The fraction of sp³-hybridized carbons (Fsp3) is 0.400. The molecule has 4 rings (SSSR count). The van der Waals surface area contributed by atoms with Gasteiger partial charge in [0.1, 0.15) is 0 Å². The van der Waals surface area contributed by atoms with Crippen molar-refractivity contribution in [3.63, 3.8) is 0 Å².